The number of carbonyl (C=O) groups excluding carboxylic acids is 2. The number of benzene rings is 1. The average molecular weight is 380 g/mol. The van der Waals surface area contributed by atoms with Gasteiger partial charge in [-0.25, -0.2) is 14.5 Å². The summed E-state index contributed by atoms with van der Waals surface area (Å²) >= 11 is 0. The van der Waals surface area contributed by atoms with Crippen molar-refractivity contribution in [1.29, 1.82) is 0 Å². The van der Waals surface area contributed by atoms with Crippen LogP contribution in [0.25, 0.3) is 16.7 Å². The van der Waals surface area contributed by atoms with Crippen LogP contribution < -0.4 is 5.32 Å². The highest BCUT2D eigenvalue weighted by atomic mass is 16.5. The largest absolute Gasteiger partial charge is 0.464 e. The zero-order chi connectivity index (χ0) is 20.4. The van der Waals surface area contributed by atoms with Crippen LogP contribution in [0.5, 0.6) is 0 Å². The van der Waals surface area contributed by atoms with Gasteiger partial charge in [0.25, 0.3) is 5.91 Å². The highest BCUT2D eigenvalue weighted by Gasteiger charge is 2.23. The molecule has 146 valence electrons. The van der Waals surface area contributed by atoms with Gasteiger partial charge in [0.15, 0.2) is 5.65 Å². The second-order valence-corrected chi connectivity index (χ2v) is 6.79. The third kappa shape index (κ3) is 3.74. The number of fused-ring (bicyclic) bond motifs is 1. The van der Waals surface area contributed by atoms with Gasteiger partial charge in [-0.3, -0.25) is 4.79 Å². The molecule has 0 aliphatic rings. The van der Waals surface area contributed by atoms with Gasteiger partial charge in [-0.05, 0) is 52.8 Å². The maximum Gasteiger partial charge on any atom is 0.328 e. The smallest absolute Gasteiger partial charge is 0.328 e. The van der Waals surface area contributed by atoms with Crippen molar-refractivity contribution in [3.8, 4) is 5.69 Å². The average Bonchev–Trinajstić information content (AvgIpc) is 2.98. The number of aryl methyl sites for hydroxylation is 3. The van der Waals surface area contributed by atoms with Crippen LogP contribution in [-0.2, 0) is 9.53 Å². The van der Waals surface area contributed by atoms with Gasteiger partial charge in [0, 0.05) is 5.69 Å². The number of nitrogens with zero attached hydrogens (tertiary/aromatic N) is 3. The Morgan fingerprint density at radius 3 is 2.50 bits per heavy atom. The van der Waals surface area contributed by atoms with Crippen molar-refractivity contribution in [1.82, 2.24) is 20.1 Å². The SMILES string of the molecule is CCOC(=O)C(C)NC(=O)c1cc(C)nc2c1c(C)nn2-c1ccc(C)cc1. The Balaban J connectivity index is 2.05. The van der Waals surface area contributed by atoms with Crippen molar-refractivity contribution in [2.75, 3.05) is 6.61 Å². The first-order valence-electron chi connectivity index (χ1n) is 9.23. The first kappa shape index (κ1) is 19.5. The fraction of sp³-hybridized carbons (Fsp3) is 0.333. The summed E-state index contributed by atoms with van der Waals surface area (Å²) < 4.78 is 6.70. The Morgan fingerprint density at radius 1 is 1.18 bits per heavy atom. The van der Waals surface area contributed by atoms with E-state index in [-0.39, 0.29) is 12.5 Å². The van der Waals surface area contributed by atoms with Gasteiger partial charge in [0.1, 0.15) is 6.04 Å². The molecule has 28 heavy (non-hydrogen) atoms. The first-order chi connectivity index (χ1) is 13.3. The summed E-state index contributed by atoms with van der Waals surface area (Å²) in [6.45, 7) is 9.28. The fourth-order valence-corrected chi connectivity index (χ4v) is 3.06. The van der Waals surface area contributed by atoms with E-state index in [0.717, 1.165) is 11.3 Å². The zero-order valence-electron chi connectivity index (χ0n) is 16.7. The molecule has 0 saturated carbocycles. The molecule has 1 amide bonds. The fourth-order valence-electron chi connectivity index (χ4n) is 3.06. The highest BCUT2D eigenvalue weighted by molar-refractivity contribution is 6.07. The lowest BCUT2D eigenvalue weighted by molar-refractivity contribution is -0.144. The van der Waals surface area contributed by atoms with Gasteiger partial charge >= 0.3 is 5.97 Å². The maximum absolute atomic E-state index is 12.9. The van der Waals surface area contributed by atoms with E-state index in [1.54, 1.807) is 24.6 Å². The lowest BCUT2D eigenvalue weighted by Gasteiger charge is -2.13. The Bertz CT molecular complexity index is 1040. The van der Waals surface area contributed by atoms with Crippen molar-refractivity contribution in [3.63, 3.8) is 0 Å². The molecule has 3 aromatic rings. The van der Waals surface area contributed by atoms with E-state index >= 15 is 0 Å². The van der Waals surface area contributed by atoms with Crippen molar-refractivity contribution >= 4 is 22.9 Å². The third-order valence-electron chi connectivity index (χ3n) is 4.45. The van der Waals surface area contributed by atoms with Crippen molar-refractivity contribution < 1.29 is 14.3 Å². The van der Waals surface area contributed by atoms with Crippen LogP contribution in [-0.4, -0.2) is 39.3 Å². The summed E-state index contributed by atoms with van der Waals surface area (Å²) in [5.74, 6) is -0.826. The van der Waals surface area contributed by atoms with Crippen LogP contribution in [0.4, 0.5) is 0 Å². The Kier molecular flexibility index (Phi) is 5.44. The Morgan fingerprint density at radius 2 is 1.86 bits per heavy atom. The molecule has 0 bridgehead atoms. The van der Waals surface area contributed by atoms with E-state index in [1.165, 1.54) is 0 Å². The highest BCUT2D eigenvalue weighted by Crippen LogP contribution is 2.25. The second-order valence-electron chi connectivity index (χ2n) is 6.79. The first-order valence-corrected chi connectivity index (χ1v) is 9.23. The van der Waals surface area contributed by atoms with Crippen molar-refractivity contribution in [2.45, 2.75) is 40.7 Å². The molecule has 0 aliphatic heterocycles. The van der Waals surface area contributed by atoms with E-state index in [0.29, 0.717) is 28.0 Å². The summed E-state index contributed by atoms with van der Waals surface area (Å²) in [5, 5.41) is 7.97. The maximum atomic E-state index is 12.9. The summed E-state index contributed by atoms with van der Waals surface area (Å²) in [6.07, 6.45) is 0. The monoisotopic (exact) mass is 380 g/mol. The number of ether oxygens (including phenoxy) is 1. The lowest BCUT2D eigenvalue weighted by Crippen LogP contribution is -2.39. The number of rotatable bonds is 5. The zero-order valence-corrected chi connectivity index (χ0v) is 16.7. The molecule has 0 fully saturated rings. The van der Waals surface area contributed by atoms with Gasteiger partial charge < -0.3 is 10.1 Å². The molecule has 7 heteroatoms. The van der Waals surface area contributed by atoms with Gasteiger partial charge in [0.2, 0.25) is 0 Å². The summed E-state index contributed by atoms with van der Waals surface area (Å²) in [7, 11) is 0. The number of esters is 1. The number of pyridine rings is 1. The molecule has 3 rings (SSSR count). The van der Waals surface area contributed by atoms with E-state index in [9.17, 15) is 9.59 Å². The quantitative estimate of drug-likeness (QED) is 0.688. The lowest BCUT2D eigenvalue weighted by atomic mass is 10.1. The van der Waals surface area contributed by atoms with E-state index in [2.05, 4.69) is 15.4 Å². The Labute approximate surface area is 163 Å². The number of hydrogen-bond acceptors (Lipinski definition) is 5. The van der Waals surface area contributed by atoms with Gasteiger partial charge in [-0.1, -0.05) is 17.7 Å². The molecule has 1 atom stereocenters. The van der Waals surface area contributed by atoms with Gasteiger partial charge in [-0.2, -0.15) is 5.10 Å². The predicted octanol–water partition coefficient (Wildman–Crippen LogP) is 3.03. The molecular weight excluding hydrogens is 356 g/mol. The van der Waals surface area contributed by atoms with Crippen LogP contribution in [0.1, 0.15) is 41.2 Å². The molecule has 2 aromatic heterocycles. The van der Waals surface area contributed by atoms with Crippen LogP contribution in [0.15, 0.2) is 30.3 Å². The topological polar surface area (TPSA) is 86.1 Å². The van der Waals surface area contributed by atoms with E-state index < -0.39 is 12.0 Å². The molecule has 0 aliphatic carbocycles. The summed E-state index contributed by atoms with van der Waals surface area (Å²) in [4.78, 5) is 29.4. The van der Waals surface area contributed by atoms with Gasteiger partial charge in [-0.15, -0.1) is 0 Å². The van der Waals surface area contributed by atoms with E-state index in [1.807, 2.05) is 45.0 Å². The van der Waals surface area contributed by atoms with Crippen LogP contribution in [0.2, 0.25) is 0 Å². The minimum atomic E-state index is -0.747. The molecule has 1 aromatic carbocycles. The molecule has 7 nitrogen and oxygen atoms in total. The number of hydrogen-bond donors (Lipinski definition) is 1. The number of aromatic nitrogens is 3. The molecule has 1 N–H and O–H groups in total. The minimum Gasteiger partial charge on any atom is -0.464 e. The van der Waals surface area contributed by atoms with Crippen molar-refractivity contribution in [2.24, 2.45) is 0 Å². The standard InChI is InChI=1S/C21H24N4O3/c1-6-28-21(27)15(5)23-20(26)17-11-13(3)22-19-18(17)14(4)24-25(19)16-9-7-12(2)8-10-16/h7-11,15H,6H2,1-5H3,(H,23,26). The number of carbonyl (C=O) groups is 2. The van der Waals surface area contributed by atoms with Crippen molar-refractivity contribution in [3.05, 3.63) is 52.8 Å². The molecule has 0 radical (unpaired) electrons. The third-order valence-corrected chi connectivity index (χ3v) is 4.45. The van der Waals surface area contributed by atoms with Crippen LogP contribution >= 0.6 is 0 Å². The van der Waals surface area contributed by atoms with Crippen LogP contribution in [0.3, 0.4) is 0 Å². The predicted molar refractivity (Wildman–Crippen MR) is 107 cm³/mol. The molecule has 1 unspecified atom stereocenters. The molecule has 2 heterocycles. The molecule has 0 saturated heterocycles. The number of amides is 1. The minimum absolute atomic E-state index is 0.264. The van der Waals surface area contributed by atoms with Crippen LogP contribution in [0, 0.1) is 20.8 Å². The number of nitrogens with one attached hydrogen (secondary N) is 1. The normalized spacial score (nSPS) is 12.0. The second kappa shape index (κ2) is 7.80. The summed E-state index contributed by atoms with van der Waals surface area (Å²) in [6, 6.07) is 8.90. The Hall–Kier alpha value is -3.22. The summed E-state index contributed by atoms with van der Waals surface area (Å²) in [5.41, 5.74) is 4.44. The van der Waals surface area contributed by atoms with E-state index in [4.69, 9.17) is 4.74 Å². The molecular formula is C21H24N4O3. The van der Waals surface area contributed by atoms with Gasteiger partial charge in [0.05, 0.1) is 28.9 Å². The molecule has 0 spiro atoms.